The number of benzene rings is 1. The molecule has 3 N–H and O–H groups in total. The summed E-state index contributed by atoms with van der Waals surface area (Å²) in [5, 5.41) is 3.51. The molecular formula is C16H23N3OS3. The van der Waals surface area contributed by atoms with Gasteiger partial charge in [0.1, 0.15) is 0 Å². The Bertz CT molecular complexity index is 528. The largest absolute Gasteiger partial charge is 0.361 e. The Hall–Kier alpha value is -0.920. The molecule has 0 aromatic heterocycles. The maximum absolute atomic E-state index is 12.1. The minimum absolute atomic E-state index is 0.184. The second-order valence-electron chi connectivity index (χ2n) is 5.71. The number of nitrogens with one attached hydrogen (secondary N) is 3. The van der Waals surface area contributed by atoms with E-state index in [4.69, 9.17) is 12.2 Å². The maximum Gasteiger partial charge on any atom is 0.269 e. The number of thiocarbonyl (C=S) groups is 1. The van der Waals surface area contributed by atoms with E-state index < -0.39 is 0 Å². The monoisotopic (exact) mass is 369 g/mol. The third-order valence-electron chi connectivity index (χ3n) is 3.36. The number of carbonyl (C=O) groups excluding carboxylic acids is 1. The zero-order valence-electron chi connectivity index (χ0n) is 13.4. The van der Waals surface area contributed by atoms with Gasteiger partial charge in [0.15, 0.2) is 5.11 Å². The van der Waals surface area contributed by atoms with E-state index in [1.807, 2.05) is 47.8 Å². The molecule has 1 heterocycles. The summed E-state index contributed by atoms with van der Waals surface area (Å²) >= 11 is 9.04. The molecule has 1 amide bonds. The van der Waals surface area contributed by atoms with Crippen molar-refractivity contribution < 1.29 is 4.79 Å². The van der Waals surface area contributed by atoms with Crippen LogP contribution < -0.4 is 16.2 Å². The van der Waals surface area contributed by atoms with Gasteiger partial charge in [0.05, 0.1) is 4.58 Å². The summed E-state index contributed by atoms with van der Waals surface area (Å²) in [4.78, 5) is 12.1. The van der Waals surface area contributed by atoms with Crippen LogP contribution in [0.4, 0.5) is 0 Å². The molecule has 0 bridgehead atoms. The summed E-state index contributed by atoms with van der Waals surface area (Å²) < 4.78 is 0.503. The molecule has 0 aliphatic carbocycles. The molecule has 0 atom stereocenters. The predicted octanol–water partition coefficient (Wildman–Crippen LogP) is 3.32. The van der Waals surface area contributed by atoms with Crippen molar-refractivity contribution in [2.24, 2.45) is 5.92 Å². The third kappa shape index (κ3) is 6.24. The Kier molecular flexibility index (Phi) is 7.52. The molecule has 1 aromatic rings. The quantitative estimate of drug-likeness (QED) is 0.547. The van der Waals surface area contributed by atoms with Crippen LogP contribution in [-0.4, -0.2) is 29.1 Å². The fourth-order valence-corrected chi connectivity index (χ4v) is 5.06. The van der Waals surface area contributed by atoms with Crippen molar-refractivity contribution >= 4 is 46.8 Å². The van der Waals surface area contributed by atoms with E-state index in [0.29, 0.717) is 21.2 Å². The van der Waals surface area contributed by atoms with Crippen molar-refractivity contribution in [3.05, 3.63) is 35.4 Å². The van der Waals surface area contributed by atoms with Gasteiger partial charge in [0.25, 0.3) is 5.91 Å². The Balaban J connectivity index is 1.75. The molecule has 1 aliphatic rings. The molecule has 7 heteroatoms. The minimum Gasteiger partial charge on any atom is -0.361 e. The van der Waals surface area contributed by atoms with Crippen LogP contribution in [0.5, 0.6) is 0 Å². The van der Waals surface area contributed by atoms with E-state index in [1.54, 1.807) is 0 Å². The number of hydrazine groups is 1. The van der Waals surface area contributed by atoms with Gasteiger partial charge in [-0.15, -0.1) is 23.5 Å². The fourth-order valence-electron chi connectivity index (χ4n) is 2.05. The van der Waals surface area contributed by atoms with Crippen molar-refractivity contribution in [3.8, 4) is 0 Å². The molecule has 126 valence electrons. The molecule has 1 aromatic carbocycles. The predicted molar refractivity (Wildman–Crippen MR) is 105 cm³/mol. The molecule has 1 fully saturated rings. The molecule has 0 radical (unpaired) electrons. The first kappa shape index (κ1) is 18.4. The first-order chi connectivity index (χ1) is 11.1. The average molecular weight is 370 g/mol. The maximum atomic E-state index is 12.1. The number of hydrogen-bond donors (Lipinski definition) is 3. The van der Waals surface area contributed by atoms with Gasteiger partial charge in [-0.2, -0.15) is 0 Å². The van der Waals surface area contributed by atoms with Crippen LogP contribution in [0.1, 0.15) is 40.8 Å². The number of hydrogen-bond acceptors (Lipinski definition) is 4. The van der Waals surface area contributed by atoms with Gasteiger partial charge >= 0.3 is 0 Å². The van der Waals surface area contributed by atoms with Gasteiger partial charge in [-0.1, -0.05) is 26.0 Å². The average Bonchev–Trinajstić information content (AvgIpc) is 3.07. The SMILES string of the molecule is CC(C)CCNC(=S)NNC(=O)c1ccc(C2SCCS2)cc1. The fraction of sp³-hybridized carbons (Fsp3) is 0.500. The van der Waals surface area contributed by atoms with Crippen LogP contribution in [0.3, 0.4) is 0 Å². The second kappa shape index (κ2) is 9.39. The first-order valence-corrected chi connectivity index (χ1v) is 10.2. The highest BCUT2D eigenvalue weighted by atomic mass is 32.2. The number of amides is 1. The summed E-state index contributed by atoms with van der Waals surface area (Å²) in [5.74, 6) is 2.83. The zero-order chi connectivity index (χ0) is 16.7. The lowest BCUT2D eigenvalue weighted by molar-refractivity contribution is 0.0943. The lowest BCUT2D eigenvalue weighted by Crippen LogP contribution is -2.47. The van der Waals surface area contributed by atoms with Crippen LogP contribution >= 0.6 is 35.7 Å². The van der Waals surface area contributed by atoms with E-state index in [0.717, 1.165) is 13.0 Å². The highest BCUT2D eigenvalue weighted by Crippen LogP contribution is 2.45. The van der Waals surface area contributed by atoms with Gasteiger partial charge < -0.3 is 5.32 Å². The van der Waals surface area contributed by atoms with Crippen LogP contribution in [0, 0.1) is 5.92 Å². The van der Waals surface area contributed by atoms with E-state index in [1.165, 1.54) is 17.1 Å². The molecule has 0 spiro atoms. The number of rotatable bonds is 5. The van der Waals surface area contributed by atoms with Crippen molar-refractivity contribution in [2.75, 3.05) is 18.1 Å². The summed E-state index contributed by atoms with van der Waals surface area (Å²) in [6, 6.07) is 7.79. The Morgan fingerprint density at radius 2 is 1.87 bits per heavy atom. The smallest absolute Gasteiger partial charge is 0.269 e. The van der Waals surface area contributed by atoms with Gasteiger partial charge in [-0.3, -0.25) is 15.6 Å². The Morgan fingerprint density at radius 1 is 1.22 bits per heavy atom. The molecule has 23 heavy (non-hydrogen) atoms. The number of carbonyl (C=O) groups is 1. The lowest BCUT2D eigenvalue weighted by atomic mass is 10.1. The first-order valence-electron chi connectivity index (χ1n) is 7.73. The van der Waals surface area contributed by atoms with Gasteiger partial charge in [-0.05, 0) is 42.3 Å². The van der Waals surface area contributed by atoms with Crippen molar-refractivity contribution in [3.63, 3.8) is 0 Å². The van der Waals surface area contributed by atoms with E-state index in [-0.39, 0.29) is 5.91 Å². The Morgan fingerprint density at radius 3 is 2.48 bits per heavy atom. The van der Waals surface area contributed by atoms with Gasteiger partial charge in [-0.25, -0.2) is 0 Å². The zero-order valence-corrected chi connectivity index (χ0v) is 15.9. The van der Waals surface area contributed by atoms with E-state index in [9.17, 15) is 4.79 Å². The van der Waals surface area contributed by atoms with Gasteiger partial charge in [0, 0.05) is 23.6 Å². The summed E-state index contributed by atoms with van der Waals surface area (Å²) in [6.45, 7) is 5.11. The minimum atomic E-state index is -0.184. The standard InChI is InChI=1S/C16H23N3OS3/c1-11(2)7-8-17-16(21)19-18-14(20)12-3-5-13(6-4-12)15-22-9-10-23-15/h3-6,11,15H,7-10H2,1-2H3,(H,18,20)(H2,17,19,21). The van der Waals surface area contributed by atoms with Crippen LogP contribution in [0.25, 0.3) is 0 Å². The van der Waals surface area contributed by atoms with E-state index >= 15 is 0 Å². The van der Waals surface area contributed by atoms with Crippen LogP contribution in [0.15, 0.2) is 24.3 Å². The van der Waals surface area contributed by atoms with E-state index in [2.05, 4.69) is 30.0 Å². The highest BCUT2D eigenvalue weighted by Gasteiger charge is 2.18. The highest BCUT2D eigenvalue weighted by molar-refractivity contribution is 8.19. The molecule has 2 rings (SSSR count). The lowest BCUT2D eigenvalue weighted by Gasteiger charge is -2.13. The molecule has 4 nitrogen and oxygen atoms in total. The van der Waals surface area contributed by atoms with Crippen molar-refractivity contribution in [1.82, 2.24) is 16.2 Å². The van der Waals surface area contributed by atoms with Crippen LogP contribution in [-0.2, 0) is 0 Å². The van der Waals surface area contributed by atoms with Crippen LogP contribution in [0.2, 0.25) is 0 Å². The van der Waals surface area contributed by atoms with Crippen molar-refractivity contribution in [1.29, 1.82) is 0 Å². The molecule has 1 saturated heterocycles. The molecule has 0 saturated carbocycles. The summed E-state index contributed by atoms with van der Waals surface area (Å²) in [7, 11) is 0. The molecule has 1 aliphatic heterocycles. The summed E-state index contributed by atoms with van der Waals surface area (Å²) in [6.07, 6.45) is 1.04. The number of thioether (sulfide) groups is 2. The Labute approximate surface area is 151 Å². The molecular weight excluding hydrogens is 346 g/mol. The second-order valence-corrected chi connectivity index (χ2v) is 8.85. The molecule has 0 unspecified atom stereocenters. The summed E-state index contributed by atoms with van der Waals surface area (Å²) in [5.41, 5.74) is 7.26. The van der Waals surface area contributed by atoms with Crippen molar-refractivity contribution in [2.45, 2.75) is 24.9 Å². The van der Waals surface area contributed by atoms with Gasteiger partial charge in [0.2, 0.25) is 0 Å². The topological polar surface area (TPSA) is 53.2 Å². The third-order valence-corrected chi connectivity index (χ3v) is 6.71. The normalized spacial score (nSPS) is 14.7.